The molecular weight excluding hydrogens is 280 g/mol. The van der Waals surface area contributed by atoms with Crippen LogP contribution in [0, 0.1) is 5.92 Å². The van der Waals surface area contributed by atoms with E-state index in [1.54, 1.807) is 0 Å². The Morgan fingerprint density at radius 1 is 1.19 bits per heavy atom. The van der Waals surface area contributed by atoms with E-state index in [1.165, 1.54) is 50.6 Å². The van der Waals surface area contributed by atoms with Gasteiger partial charge in [-0.3, -0.25) is 0 Å². The van der Waals surface area contributed by atoms with Gasteiger partial charge >= 0.3 is 0 Å². The van der Waals surface area contributed by atoms with E-state index in [0.717, 1.165) is 17.0 Å². The highest BCUT2D eigenvalue weighted by Gasteiger charge is 2.34. The molecule has 2 N–H and O–H groups in total. The number of hydrogen-bond donors (Lipinski definition) is 2. The van der Waals surface area contributed by atoms with Gasteiger partial charge in [-0.05, 0) is 62.8 Å². The Morgan fingerprint density at radius 3 is 2.86 bits per heavy atom. The first-order valence-corrected chi connectivity index (χ1v) is 8.87. The SMILES string of the molecule is CC(NC1CCCC1C1CCCCN1)c1cccc(Cl)c1. The van der Waals surface area contributed by atoms with E-state index in [9.17, 15) is 0 Å². The molecule has 1 aromatic carbocycles. The molecule has 0 spiro atoms. The highest BCUT2D eigenvalue weighted by molar-refractivity contribution is 6.30. The summed E-state index contributed by atoms with van der Waals surface area (Å²) in [6.45, 7) is 3.47. The predicted molar refractivity (Wildman–Crippen MR) is 89.8 cm³/mol. The van der Waals surface area contributed by atoms with Crippen LogP contribution in [0.25, 0.3) is 0 Å². The number of halogens is 1. The van der Waals surface area contributed by atoms with Crippen molar-refractivity contribution < 1.29 is 0 Å². The van der Waals surface area contributed by atoms with Gasteiger partial charge in [0.15, 0.2) is 0 Å². The predicted octanol–water partition coefficient (Wildman–Crippen LogP) is 4.30. The molecule has 0 aromatic heterocycles. The number of benzene rings is 1. The lowest BCUT2D eigenvalue weighted by Gasteiger charge is -2.34. The van der Waals surface area contributed by atoms with E-state index in [1.807, 2.05) is 12.1 Å². The third kappa shape index (κ3) is 3.80. The molecule has 0 amide bonds. The monoisotopic (exact) mass is 306 g/mol. The molecule has 21 heavy (non-hydrogen) atoms. The molecule has 1 heterocycles. The Morgan fingerprint density at radius 2 is 2.10 bits per heavy atom. The zero-order valence-corrected chi connectivity index (χ0v) is 13.7. The van der Waals surface area contributed by atoms with Crippen LogP contribution in [0.5, 0.6) is 0 Å². The third-order valence-electron chi connectivity index (χ3n) is 5.25. The van der Waals surface area contributed by atoms with Crippen LogP contribution in [-0.2, 0) is 0 Å². The molecule has 4 atom stereocenters. The zero-order valence-electron chi connectivity index (χ0n) is 12.9. The van der Waals surface area contributed by atoms with Gasteiger partial charge in [-0.15, -0.1) is 0 Å². The molecule has 1 saturated carbocycles. The van der Waals surface area contributed by atoms with Gasteiger partial charge in [-0.2, -0.15) is 0 Å². The molecule has 0 bridgehead atoms. The summed E-state index contributed by atoms with van der Waals surface area (Å²) in [5.41, 5.74) is 1.30. The fourth-order valence-electron chi connectivity index (χ4n) is 4.11. The van der Waals surface area contributed by atoms with Crippen LogP contribution in [0.4, 0.5) is 0 Å². The normalized spacial score (nSPS) is 31.2. The summed E-state index contributed by atoms with van der Waals surface area (Å²) in [5, 5.41) is 8.45. The van der Waals surface area contributed by atoms with E-state index in [2.05, 4.69) is 29.7 Å². The van der Waals surface area contributed by atoms with Crippen molar-refractivity contribution in [1.82, 2.24) is 10.6 Å². The Hall–Kier alpha value is -0.570. The first-order valence-electron chi connectivity index (χ1n) is 8.49. The van der Waals surface area contributed by atoms with Gasteiger partial charge in [0, 0.05) is 23.1 Å². The average Bonchev–Trinajstić information content (AvgIpc) is 2.96. The van der Waals surface area contributed by atoms with Crippen molar-refractivity contribution in [2.24, 2.45) is 5.92 Å². The summed E-state index contributed by atoms with van der Waals surface area (Å²) >= 11 is 6.12. The molecule has 116 valence electrons. The topological polar surface area (TPSA) is 24.1 Å². The molecular formula is C18H27ClN2. The minimum Gasteiger partial charge on any atom is -0.314 e. The lowest BCUT2D eigenvalue weighted by atomic mass is 9.88. The van der Waals surface area contributed by atoms with Crippen molar-refractivity contribution in [3.63, 3.8) is 0 Å². The molecule has 3 rings (SSSR count). The van der Waals surface area contributed by atoms with Crippen molar-refractivity contribution in [2.75, 3.05) is 6.54 Å². The smallest absolute Gasteiger partial charge is 0.0409 e. The van der Waals surface area contributed by atoms with Crippen LogP contribution in [0.3, 0.4) is 0 Å². The molecule has 2 nitrogen and oxygen atoms in total. The second kappa shape index (κ2) is 7.13. The van der Waals surface area contributed by atoms with Gasteiger partial charge in [0.05, 0.1) is 0 Å². The Kier molecular flexibility index (Phi) is 5.20. The first kappa shape index (κ1) is 15.3. The summed E-state index contributed by atoms with van der Waals surface area (Å²) in [6, 6.07) is 10.00. The van der Waals surface area contributed by atoms with Crippen molar-refractivity contribution in [3.05, 3.63) is 34.9 Å². The van der Waals surface area contributed by atoms with Gasteiger partial charge in [-0.1, -0.05) is 36.6 Å². The maximum absolute atomic E-state index is 6.12. The van der Waals surface area contributed by atoms with Crippen molar-refractivity contribution in [1.29, 1.82) is 0 Å². The van der Waals surface area contributed by atoms with Gasteiger partial charge in [-0.25, -0.2) is 0 Å². The molecule has 1 aliphatic heterocycles. The third-order valence-corrected chi connectivity index (χ3v) is 5.48. The minimum atomic E-state index is 0.373. The molecule has 3 heteroatoms. The number of piperidine rings is 1. The fraction of sp³-hybridized carbons (Fsp3) is 0.667. The highest BCUT2D eigenvalue weighted by atomic mass is 35.5. The molecule has 2 fully saturated rings. The van der Waals surface area contributed by atoms with Crippen LogP contribution in [-0.4, -0.2) is 18.6 Å². The van der Waals surface area contributed by atoms with Crippen LogP contribution < -0.4 is 10.6 Å². The molecule has 1 aromatic rings. The van der Waals surface area contributed by atoms with Crippen molar-refractivity contribution >= 4 is 11.6 Å². The van der Waals surface area contributed by atoms with Crippen molar-refractivity contribution in [3.8, 4) is 0 Å². The second-order valence-electron chi connectivity index (χ2n) is 6.70. The van der Waals surface area contributed by atoms with Crippen LogP contribution >= 0.6 is 11.6 Å². The van der Waals surface area contributed by atoms with Crippen LogP contribution in [0.2, 0.25) is 5.02 Å². The molecule has 1 saturated heterocycles. The standard InChI is InChI=1S/C18H27ClN2/c1-13(14-6-4-7-15(19)12-14)21-18-10-5-8-16(18)17-9-2-3-11-20-17/h4,6-7,12-13,16-18,20-21H,2-3,5,8-11H2,1H3. The van der Waals surface area contributed by atoms with E-state index >= 15 is 0 Å². The zero-order chi connectivity index (χ0) is 14.7. The lowest BCUT2D eigenvalue weighted by molar-refractivity contribution is 0.248. The molecule has 4 unspecified atom stereocenters. The van der Waals surface area contributed by atoms with E-state index in [0.29, 0.717) is 12.1 Å². The minimum absolute atomic E-state index is 0.373. The number of hydrogen-bond acceptors (Lipinski definition) is 2. The largest absolute Gasteiger partial charge is 0.314 e. The fourth-order valence-corrected chi connectivity index (χ4v) is 4.31. The number of nitrogens with one attached hydrogen (secondary N) is 2. The van der Waals surface area contributed by atoms with Gasteiger partial charge in [0.25, 0.3) is 0 Å². The molecule has 2 aliphatic rings. The van der Waals surface area contributed by atoms with E-state index in [4.69, 9.17) is 11.6 Å². The molecule has 1 aliphatic carbocycles. The quantitative estimate of drug-likeness (QED) is 0.866. The highest BCUT2D eigenvalue weighted by Crippen LogP contribution is 2.33. The maximum atomic E-state index is 6.12. The van der Waals surface area contributed by atoms with E-state index in [-0.39, 0.29) is 0 Å². The van der Waals surface area contributed by atoms with E-state index < -0.39 is 0 Å². The lowest BCUT2D eigenvalue weighted by Crippen LogP contribution is -2.47. The van der Waals surface area contributed by atoms with Gasteiger partial charge < -0.3 is 10.6 Å². The van der Waals surface area contributed by atoms with Crippen LogP contribution in [0.15, 0.2) is 24.3 Å². The van der Waals surface area contributed by atoms with Gasteiger partial charge in [0.1, 0.15) is 0 Å². The number of rotatable bonds is 4. The first-order chi connectivity index (χ1) is 10.2. The summed E-state index contributed by atoms with van der Waals surface area (Å²) in [6.07, 6.45) is 8.15. The maximum Gasteiger partial charge on any atom is 0.0409 e. The summed E-state index contributed by atoms with van der Waals surface area (Å²) in [5.74, 6) is 0.798. The Labute approximate surface area is 133 Å². The molecule has 0 radical (unpaired) electrons. The Bertz CT molecular complexity index is 456. The summed E-state index contributed by atoms with van der Waals surface area (Å²) < 4.78 is 0. The second-order valence-corrected chi connectivity index (χ2v) is 7.14. The summed E-state index contributed by atoms with van der Waals surface area (Å²) in [4.78, 5) is 0. The average molecular weight is 307 g/mol. The Balaban J connectivity index is 1.62. The van der Waals surface area contributed by atoms with Crippen LogP contribution in [0.1, 0.15) is 57.1 Å². The summed E-state index contributed by atoms with van der Waals surface area (Å²) in [7, 11) is 0. The van der Waals surface area contributed by atoms with Crippen molar-refractivity contribution in [2.45, 2.75) is 63.6 Å². The van der Waals surface area contributed by atoms with Gasteiger partial charge in [0.2, 0.25) is 0 Å².